The summed E-state index contributed by atoms with van der Waals surface area (Å²) in [4.78, 5) is 39.8. The van der Waals surface area contributed by atoms with E-state index in [-0.39, 0.29) is 24.9 Å². The molecule has 25 heavy (non-hydrogen) atoms. The molecule has 1 saturated heterocycles. The van der Waals surface area contributed by atoms with Crippen molar-refractivity contribution in [3.63, 3.8) is 0 Å². The Morgan fingerprint density at radius 1 is 1.20 bits per heavy atom. The van der Waals surface area contributed by atoms with Gasteiger partial charge in [-0.25, -0.2) is 4.79 Å². The summed E-state index contributed by atoms with van der Waals surface area (Å²) in [6.07, 6.45) is -0.841. The van der Waals surface area contributed by atoms with Gasteiger partial charge in [0.25, 0.3) is 11.8 Å². The Labute approximate surface area is 146 Å². The van der Waals surface area contributed by atoms with Gasteiger partial charge in [0.15, 0.2) is 0 Å². The Balaban J connectivity index is 1.65. The number of carbonyl (C=O) groups is 3. The van der Waals surface area contributed by atoms with E-state index in [1.807, 2.05) is 20.8 Å². The second-order valence-corrected chi connectivity index (χ2v) is 7.19. The minimum absolute atomic E-state index is 0.117. The van der Waals surface area contributed by atoms with Crippen molar-refractivity contribution in [1.29, 1.82) is 0 Å². The summed E-state index contributed by atoms with van der Waals surface area (Å²) < 4.78 is 11.0. The molecule has 0 saturated carbocycles. The van der Waals surface area contributed by atoms with Crippen LogP contribution in [0.1, 0.15) is 41.5 Å². The van der Waals surface area contributed by atoms with E-state index in [4.69, 9.17) is 9.47 Å². The van der Waals surface area contributed by atoms with Crippen LogP contribution in [0, 0.1) is 0 Å². The number of imide groups is 1. The highest BCUT2D eigenvalue weighted by Crippen LogP contribution is 2.23. The van der Waals surface area contributed by atoms with Crippen LogP contribution in [0.2, 0.25) is 0 Å². The maximum Gasteiger partial charge on any atom is 0.410 e. The van der Waals surface area contributed by atoms with Crippen LogP contribution in [0.5, 0.6) is 0 Å². The molecule has 0 bridgehead atoms. The van der Waals surface area contributed by atoms with E-state index < -0.39 is 17.8 Å². The average molecular weight is 346 g/mol. The standard InChI is InChI=1S/C18H22N2O5/c1-18(2,3)25-17(23)19-8-9-24-12(10-19)11-20-15(21)13-6-4-5-7-14(13)16(20)22/h4-7,12H,8-11H2,1-3H3/t12-/m0/s1. The van der Waals surface area contributed by atoms with Gasteiger partial charge in [-0.1, -0.05) is 12.1 Å². The highest BCUT2D eigenvalue weighted by Gasteiger charge is 2.38. The molecule has 3 amide bonds. The van der Waals surface area contributed by atoms with Crippen molar-refractivity contribution in [3.05, 3.63) is 35.4 Å². The second kappa shape index (κ2) is 6.48. The fourth-order valence-corrected chi connectivity index (χ4v) is 2.93. The lowest BCUT2D eigenvalue weighted by Crippen LogP contribution is -2.51. The van der Waals surface area contributed by atoms with Crippen LogP contribution in [-0.4, -0.2) is 65.7 Å². The number of ether oxygens (including phenoxy) is 2. The SMILES string of the molecule is CC(C)(C)OC(=O)N1CCO[C@H](CN2C(=O)c3ccccc3C2=O)C1. The molecule has 1 fully saturated rings. The van der Waals surface area contributed by atoms with Crippen molar-refractivity contribution in [2.75, 3.05) is 26.2 Å². The van der Waals surface area contributed by atoms with Crippen LogP contribution in [0.25, 0.3) is 0 Å². The van der Waals surface area contributed by atoms with Gasteiger partial charge in [0.2, 0.25) is 0 Å². The number of morpholine rings is 1. The van der Waals surface area contributed by atoms with Crippen LogP contribution in [0.4, 0.5) is 4.79 Å². The first-order valence-electron chi connectivity index (χ1n) is 8.31. The molecule has 1 atom stereocenters. The lowest BCUT2D eigenvalue weighted by molar-refractivity contribution is -0.0475. The molecule has 2 aliphatic heterocycles. The summed E-state index contributed by atoms with van der Waals surface area (Å²) in [6, 6.07) is 6.75. The van der Waals surface area contributed by atoms with Crippen molar-refractivity contribution in [2.45, 2.75) is 32.5 Å². The fourth-order valence-electron chi connectivity index (χ4n) is 2.93. The Morgan fingerprint density at radius 2 is 1.80 bits per heavy atom. The topological polar surface area (TPSA) is 76.2 Å². The lowest BCUT2D eigenvalue weighted by Gasteiger charge is -2.35. The molecule has 134 valence electrons. The Kier molecular flexibility index (Phi) is 4.51. The van der Waals surface area contributed by atoms with Crippen LogP contribution in [0.3, 0.4) is 0 Å². The third-order valence-electron chi connectivity index (χ3n) is 4.05. The average Bonchev–Trinajstić information content (AvgIpc) is 2.79. The molecule has 0 aliphatic carbocycles. The molecule has 0 radical (unpaired) electrons. The van der Waals surface area contributed by atoms with Gasteiger partial charge in [0.05, 0.1) is 36.9 Å². The molecule has 1 aromatic carbocycles. The normalized spacial score (nSPS) is 20.7. The molecule has 0 N–H and O–H groups in total. The molecule has 0 aromatic heterocycles. The van der Waals surface area contributed by atoms with E-state index in [1.54, 1.807) is 29.2 Å². The monoisotopic (exact) mass is 346 g/mol. The third-order valence-corrected chi connectivity index (χ3v) is 4.05. The Hall–Kier alpha value is -2.41. The predicted molar refractivity (Wildman–Crippen MR) is 89.4 cm³/mol. The number of rotatable bonds is 2. The van der Waals surface area contributed by atoms with E-state index in [1.165, 1.54) is 4.90 Å². The van der Waals surface area contributed by atoms with Gasteiger partial charge in [-0.2, -0.15) is 0 Å². The van der Waals surface area contributed by atoms with Gasteiger partial charge in [-0.15, -0.1) is 0 Å². The van der Waals surface area contributed by atoms with Crippen molar-refractivity contribution in [1.82, 2.24) is 9.80 Å². The third kappa shape index (κ3) is 3.66. The number of nitrogens with zero attached hydrogens (tertiary/aromatic N) is 2. The first-order valence-corrected chi connectivity index (χ1v) is 8.31. The first kappa shape index (κ1) is 17.4. The van der Waals surface area contributed by atoms with Gasteiger partial charge in [0, 0.05) is 6.54 Å². The first-order chi connectivity index (χ1) is 11.8. The van der Waals surface area contributed by atoms with Crippen molar-refractivity contribution in [2.24, 2.45) is 0 Å². The number of amides is 3. The van der Waals surface area contributed by atoms with Gasteiger partial charge < -0.3 is 14.4 Å². The van der Waals surface area contributed by atoms with Crippen molar-refractivity contribution in [3.8, 4) is 0 Å². The molecule has 7 heteroatoms. The van der Waals surface area contributed by atoms with E-state index in [0.29, 0.717) is 24.3 Å². The van der Waals surface area contributed by atoms with Crippen molar-refractivity contribution < 1.29 is 23.9 Å². The fraction of sp³-hybridized carbons (Fsp3) is 0.500. The smallest absolute Gasteiger partial charge is 0.410 e. The van der Waals surface area contributed by atoms with Gasteiger partial charge in [-0.3, -0.25) is 14.5 Å². The second-order valence-electron chi connectivity index (χ2n) is 7.19. The summed E-state index contributed by atoms with van der Waals surface area (Å²) in [5.74, 6) is -0.641. The predicted octanol–water partition coefficient (Wildman–Crippen LogP) is 1.92. The lowest BCUT2D eigenvalue weighted by atomic mass is 10.1. The molecular formula is C18H22N2O5. The zero-order valence-electron chi connectivity index (χ0n) is 14.7. The summed E-state index contributed by atoms with van der Waals surface area (Å²) in [6.45, 7) is 6.58. The summed E-state index contributed by atoms with van der Waals surface area (Å²) >= 11 is 0. The molecule has 0 unspecified atom stereocenters. The van der Waals surface area contributed by atoms with Crippen LogP contribution in [-0.2, 0) is 9.47 Å². The molecule has 2 aliphatic rings. The highest BCUT2D eigenvalue weighted by molar-refractivity contribution is 6.21. The van der Waals surface area contributed by atoms with E-state index in [9.17, 15) is 14.4 Å². The van der Waals surface area contributed by atoms with E-state index >= 15 is 0 Å². The van der Waals surface area contributed by atoms with Crippen LogP contribution in [0.15, 0.2) is 24.3 Å². The number of hydrogen-bond acceptors (Lipinski definition) is 5. The molecule has 0 spiro atoms. The number of fused-ring (bicyclic) bond motifs is 1. The van der Waals surface area contributed by atoms with E-state index in [0.717, 1.165) is 0 Å². The quantitative estimate of drug-likeness (QED) is 0.765. The minimum Gasteiger partial charge on any atom is -0.444 e. The van der Waals surface area contributed by atoms with Gasteiger partial charge in [0.1, 0.15) is 5.60 Å². The van der Waals surface area contributed by atoms with E-state index in [2.05, 4.69) is 0 Å². The summed E-state index contributed by atoms with van der Waals surface area (Å²) in [5, 5.41) is 0. The summed E-state index contributed by atoms with van der Waals surface area (Å²) in [7, 11) is 0. The zero-order valence-corrected chi connectivity index (χ0v) is 14.7. The Morgan fingerprint density at radius 3 is 2.36 bits per heavy atom. The Bertz CT molecular complexity index is 675. The zero-order chi connectivity index (χ0) is 18.2. The maximum absolute atomic E-state index is 12.4. The number of benzene rings is 1. The van der Waals surface area contributed by atoms with Gasteiger partial charge >= 0.3 is 6.09 Å². The van der Waals surface area contributed by atoms with Crippen LogP contribution >= 0.6 is 0 Å². The molecule has 1 aromatic rings. The summed E-state index contributed by atoms with van der Waals surface area (Å²) in [5.41, 5.74) is 0.243. The maximum atomic E-state index is 12.4. The largest absolute Gasteiger partial charge is 0.444 e. The van der Waals surface area contributed by atoms with Crippen molar-refractivity contribution >= 4 is 17.9 Å². The number of carbonyl (C=O) groups excluding carboxylic acids is 3. The minimum atomic E-state index is -0.576. The molecular weight excluding hydrogens is 324 g/mol. The molecule has 7 nitrogen and oxygen atoms in total. The molecule has 3 rings (SSSR count). The van der Waals surface area contributed by atoms with Gasteiger partial charge in [-0.05, 0) is 32.9 Å². The van der Waals surface area contributed by atoms with Crippen LogP contribution < -0.4 is 0 Å². The molecule has 2 heterocycles. The highest BCUT2D eigenvalue weighted by atomic mass is 16.6. The number of hydrogen-bond donors (Lipinski definition) is 0.